The van der Waals surface area contributed by atoms with Gasteiger partial charge < -0.3 is 20.1 Å². The Balaban J connectivity index is 0.00000562. The Labute approximate surface area is 211 Å². The van der Waals surface area contributed by atoms with Crippen molar-refractivity contribution in [2.45, 2.75) is 47.1 Å². The highest BCUT2D eigenvalue weighted by Gasteiger charge is 2.34. The number of nitrogens with one attached hydrogen (secondary N) is 2. The van der Waals surface area contributed by atoms with Gasteiger partial charge in [-0.15, -0.1) is 11.3 Å². The molecule has 0 aliphatic carbocycles. The summed E-state index contributed by atoms with van der Waals surface area (Å²) in [5.74, 6) is -0.914. The molecule has 4 amide bonds. The largest absolute Gasteiger partial charge is 0.497 e. The highest BCUT2D eigenvalue weighted by atomic mass is 32.1. The van der Waals surface area contributed by atoms with Crippen molar-refractivity contribution in [3.8, 4) is 0 Å². The lowest BCUT2D eigenvalue weighted by molar-refractivity contribution is -0.128. The summed E-state index contributed by atoms with van der Waals surface area (Å²) in [4.78, 5) is 53.7. The number of esters is 1. The van der Waals surface area contributed by atoms with Crippen LogP contribution in [-0.2, 0) is 19.1 Å². The zero-order chi connectivity index (χ0) is 26.8. The van der Waals surface area contributed by atoms with Crippen LogP contribution < -0.4 is 10.6 Å². The first-order valence-corrected chi connectivity index (χ1v) is 12.1. The van der Waals surface area contributed by atoms with Crippen molar-refractivity contribution in [2.75, 3.05) is 26.1 Å². The van der Waals surface area contributed by atoms with Crippen LogP contribution >= 0.6 is 11.3 Å². The molecule has 0 fully saturated rings. The fraction of sp³-hybridized carbons (Fsp3) is 0.458. The smallest absolute Gasteiger partial charge is 0.357 e. The molecule has 0 saturated heterocycles. The molecule has 0 saturated carbocycles. The normalized spacial score (nSPS) is 12.8. The number of hydrogen-bond acceptors (Lipinski definition) is 8. The standard InChI is InChI=1S/C22H30N4O6S.C2H6/c1-6-10-16(31-4)11-8-9-12-23-22(30)26(14-27)18(15(3)7-2)19(28)25-21-24-17(13-33-21)20(29)32-5;1-2/h6,8-11,13-15,18H,7,12H2,1-5H3,(H,23,30)(H,24,25,28);1-2H3/b9-8+,10-6-,16-11+;/t15?,18-;/m0./s1. The Bertz CT molecular complexity index is 910. The van der Waals surface area contributed by atoms with Gasteiger partial charge >= 0.3 is 12.0 Å². The van der Waals surface area contributed by atoms with E-state index in [0.29, 0.717) is 18.6 Å². The molecule has 2 N–H and O–H groups in total. The van der Waals surface area contributed by atoms with Gasteiger partial charge in [-0.1, -0.05) is 52.3 Å². The van der Waals surface area contributed by atoms with Crippen molar-refractivity contribution in [3.05, 3.63) is 47.2 Å². The molecule has 1 heterocycles. The van der Waals surface area contributed by atoms with Crippen LogP contribution in [0.5, 0.6) is 0 Å². The predicted molar refractivity (Wildman–Crippen MR) is 137 cm³/mol. The third-order valence-corrected chi connectivity index (χ3v) is 5.32. The Morgan fingerprint density at radius 1 is 1.23 bits per heavy atom. The zero-order valence-electron chi connectivity index (χ0n) is 21.4. The van der Waals surface area contributed by atoms with E-state index < -0.39 is 23.9 Å². The van der Waals surface area contributed by atoms with Crippen LogP contribution in [0, 0.1) is 5.92 Å². The van der Waals surface area contributed by atoms with E-state index in [1.165, 1.54) is 12.5 Å². The van der Waals surface area contributed by atoms with Crippen molar-refractivity contribution < 1.29 is 28.7 Å². The second kappa shape index (κ2) is 17.9. The number of imide groups is 1. The van der Waals surface area contributed by atoms with E-state index >= 15 is 0 Å². The zero-order valence-corrected chi connectivity index (χ0v) is 22.2. The number of nitrogens with zero attached hydrogens (tertiary/aromatic N) is 2. The molecule has 0 aromatic carbocycles. The van der Waals surface area contributed by atoms with Crippen LogP contribution in [0.25, 0.3) is 0 Å². The lowest BCUT2D eigenvalue weighted by Crippen LogP contribution is -2.53. The van der Waals surface area contributed by atoms with Gasteiger partial charge in [0.1, 0.15) is 11.8 Å². The lowest BCUT2D eigenvalue weighted by Gasteiger charge is -2.29. The molecule has 0 aliphatic heterocycles. The average Bonchev–Trinajstić information content (AvgIpc) is 3.34. The summed E-state index contributed by atoms with van der Waals surface area (Å²) >= 11 is 1.03. The van der Waals surface area contributed by atoms with Crippen LogP contribution in [-0.4, -0.2) is 61.0 Å². The maximum absolute atomic E-state index is 12.9. The molecule has 0 radical (unpaired) electrons. The summed E-state index contributed by atoms with van der Waals surface area (Å²) in [5.41, 5.74) is 0.0507. The van der Waals surface area contributed by atoms with Crippen molar-refractivity contribution in [2.24, 2.45) is 5.92 Å². The molecular weight excluding hydrogens is 472 g/mol. The third-order valence-electron chi connectivity index (χ3n) is 4.56. The molecular formula is C24H36N4O6S. The van der Waals surface area contributed by atoms with Gasteiger partial charge in [-0.05, 0) is 25.0 Å². The monoisotopic (exact) mass is 508 g/mol. The average molecular weight is 509 g/mol. The fourth-order valence-corrected chi connectivity index (χ4v) is 3.34. The van der Waals surface area contributed by atoms with Crippen LogP contribution in [0.4, 0.5) is 9.93 Å². The number of aromatic nitrogens is 1. The van der Waals surface area contributed by atoms with Gasteiger partial charge in [0.15, 0.2) is 10.8 Å². The molecule has 1 rings (SSSR count). The molecule has 1 unspecified atom stereocenters. The minimum absolute atomic E-state index is 0.0507. The number of hydrogen-bond donors (Lipinski definition) is 2. The molecule has 2 atom stereocenters. The lowest BCUT2D eigenvalue weighted by atomic mass is 9.97. The number of ether oxygens (including phenoxy) is 2. The van der Waals surface area contributed by atoms with Gasteiger partial charge in [-0.25, -0.2) is 14.6 Å². The number of urea groups is 1. The minimum atomic E-state index is -1.07. The van der Waals surface area contributed by atoms with Crippen LogP contribution in [0.3, 0.4) is 0 Å². The molecule has 1 aromatic rings. The summed E-state index contributed by atoms with van der Waals surface area (Å²) in [5, 5.41) is 6.76. The maximum Gasteiger partial charge on any atom is 0.357 e. The fourth-order valence-electron chi connectivity index (χ4n) is 2.66. The van der Waals surface area contributed by atoms with Crippen molar-refractivity contribution in [1.29, 1.82) is 0 Å². The van der Waals surface area contributed by atoms with Gasteiger partial charge in [0, 0.05) is 11.9 Å². The number of rotatable bonds is 12. The maximum atomic E-state index is 12.9. The Hall–Kier alpha value is -3.47. The predicted octanol–water partition coefficient (Wildman–Crippen LogP) is 4.14. The van der Waals surface area contributed by atoms with Crippen molar-refractivity contribution >= 4 is 40.8 Å². The van der Waals surface area contributed by atoms with E-state index in [-0.39, 0.29) is 23.3 Å². The molecule has 11 heteroatoms. The van der Waals surface area contributed by atoms with E-state index in [9.17, 15) is 19.2 Å². The third kappa shape index (κ3) is 10.6. The number of anilines is 1. The number of carbonyl (C=O) groups excluding carboxylic acids is 4. The Morgan fingerprint density at radius 3 is 2.46 bits per heavy atom. The quantitative estimate of drug-likeness (QED) is 0.188. The van der Waals surface area contributed by atoms with Gasteiger partial charge in [0.2, 0.25) is 12.3 Å². The summed E-state index contributed by atoms with van der Waals surface area (Å²) in [7, 11) is 2.77. The minimum Gasteiger partial charge on any atom is -0.497 e. The molecule has 0 spiro atoms. The van der Waals surface area contributed by atoms with Crippen molar-refractivity contribution in [1.82, 2.24) is 15.2 Å². The molecule has 0 bridgehead atoms. The first kappa shape index (κ1) is 31.5. The van der Waals surface area contributed by atoms with Crippen LogP contribution in [0.15, 0.2) is 41.5 Å². The first-order valence-electron chi connectivity index (χ1n) is 11.2. The Kier molecular flexibility index (Phi) is 16.2. The van der Waals surface area contributed by atoms with E-state index in [1.54, 1.807) is 38.3 Å². The number of thiazole rings is 1. The van der Waals surface area contributed by atoms with E-state index in [4.69, 9.17) is 4.74 Å². The second-order valence-electron chi connectivity index (χ2n) is 6.75. The number of methoxy groups -OCH3 is 2. The van der Waals surface area contributed by atoms with Crippen LogP contribution in [0.1, 0.15) is 51.5 Å². The van der Waals surface area contributed by atoms with E-state index in [1.807, 2.05) is 33.8 Å². The van der Waals surface area contributed by atoms with Crippen LogP contribution in [0.2, 0.25) is 0 Å². The SMILES string of the molecule is CC.C\C=C/C(=C\C=C\CNC(=O)N(C=O)[C@H](C(=O)Nc1nc(C(=O)OC)cs1)C(C)CC)OC. The number of amides is 4. The van der Waals surface area contributed by atoms with Gasteiger partial charge in [-0.3, -0.25) is 14.5 Å². The van der Waals surface area contributed by atoms with E-state index in [0.717, 1.165) is 16.2 Å². The number of allylic oxidation sites excluding steroid dienone is 4. The molecule has 35 heavy (non-hydrogen) atoms. The van der Waals surface area contributed by atoms with Crippen molar-refractivity contribution in [3.63, 3.8) is 0 Å². The first-order chi connectivity index (χ1) is 16.8. The summed E-state index contributed by atoms with van der Waals surface area (Å²) < 4.78 is 9.74. The Morgan fingerprint density at radius 2 is 1.91 bits per heavy atom. The van der Waals surface area contributed by atoms with Gasteiger partial charge in [0.05, 0.1) is 14.2 Å². The summed E-state index contributed by atoms with van der Waals surface area (Å²) in [6.45, 7) is 9.60. The highest BCUT2D eigenvalue weighted by molar-refractivity contribution is 7.14. The molecule has 0 aliphatic rings. The topological polar surface area (TPSA) is 127 Å². The summed E-state index contributed by atoms with van der Waals surface area (Å²) in [6, 6.07) is -1.79. The number of carbonyl (C=O) groups is 4. The van der Waals surface area contributed by atoms with Gasteiger partial charge in [0.25, 0.3) is 0 Å². The highest BCUT2D eigenvalue weighted by Crippen LogP contribution is 2.20. The summed E-state index contributed by atoms with van der Waals surface area (Å²) in [6.07, 6.45) is 9.56. The molecule has 1 aromatic heterocycles. The van der Waals surface area contributed by atoms with Gasteiger partial charge in [-0.2, -0.15) is 0 Å². The second-order valence-corrected chi connectivity index (χ2v) is 7.61. The van der Waals surface area contributed by atoms with E-state index in [2.05, 4.69) is 20.4 Å². The molecule has 194 valence electrons. The molecule has 10 nitrogen and oxygen atoms in total.